The maximum Gasteiger partial charge on any atom is 0.417 e. The molecule has 0 bridgehead atoms. The molecular weight excluding hydrogens is 623 g/mol. The summed E-state index contributed by atoms with van der Waals surface area (Å²) < 4.78 is 114. The average Bonchev–Trinajstić information content (AvgIpc) is 3.34. The van der Waals surface area contributed by atoms with Gasteiger partial charge >= 0.3 is 12.2 Å². The maximum absolute atomic E-state index is 16.6. The van der Waals surface area contributed by atoms with Gasteiger partial charge in [0.25, 0.3) is 5.92 Å². The lowest BCUT2D eigenvalue weighted by atomic mass is 9.96. The van der Waals surface area contributed by atoms with Crippen molar-refractivity contribution < 1.29 is 40.2 Å². The lowest BCUT2D eigenvalue weighted by molar-refractivity contribution is -0.137. The van der Waals surface area contributed by atoms with Crippen molar-refractivity contribution in [3.8, 4) is 23.1 Å². The maximum atomic E-state index is 16.6. The number of piperidine rings is 1. The van der Waals surface area contributed by atoms with Crippen LogP contribution in [0.25, 0.3) is 22.2 Å². The molecule has 4 aliphatic heterocycles. The molecule has 0 saturated carbocycles. The first-order valence-corrected chi connectivity index (χ1v) is 15.2. The topological polar surface area (TPSA) is 102 Å². The molecule has 46 heavy (non-hydrogen) atoms. The molecule has 248 valence electrons. The van der Waals surface area contributed by atoms with Gasteiger partial charge in [0.1, 0.15) is 40.9 Å². The van der Waals surface area contributed by atoms with Gasteiger partial charge < -0.3 is 25.4 Å². The van der Waals surface area contributed by atoms with E-state index in [9.17, 15) is 26.3 Å². The predicted molar refractivity (Wildman–Crippen MR) is 154 cm³/mol. The van der Waals surface area contributed by atoms with Crippen LogP contribution in [0, 0.1) is 18.6 Å². The van der Waals surface area contributed by atoms with Gasteiger partial charge in [-0.15, -0.1) is 0 Å². The van der Waals surface area contributed by atoms with Crippen LogP contribution in [0.5, 0.6) is 11.9 Å². The van der Waals surface area contributed by atoms with Gasteiger partial charge in [-0.2, -0.15) is 23.1 Å². The van der Waals surface area contributed by atoms with Crippen molar-refractivity contribution in [1.29, 1.82) is 0 Å². The molecule has 16 heteroatoms. The minimum atomic E-state index is -5.08. The van der Waals surface area contributed by atoms with Crippen LogP contribution < -0.4 is 25.4 Å². The Morgan fingerprint density at radius 3 is 2.67 bits per heavy atom. The summed E-state index contributed by atoms with van der Waals surface area (Å²) in [6.07, 6.45) is -4.91. The molecule has 3 aromatic rings. The first-order valence-electron chi connectivity index (χ1n) is 15.2. The van der Waals surface area contributed by atoms with Crippen LogP contribution in [0.1, 0.15) is 43.7 Å². The predicted octanol–water partition coefficient (Wildman–Crippen LogP) is 5.08. The molecule has 2 aromatic heterocycles. The molecule has 3 N–H and O–H groups in total. The van der Waals surface area contributed by atoms with Crippen molar-refractivity contribution in [3.05, 3.63) is 28.8 Å². The molecular formula is C30H32F7N7O2. The number of alkyl halides is 5. The monoisotopic (exact) mass is 655 g/mol. The Kier molecular flexibility index (Phi) is 7.38. The zero-order valence-corrected chi connectivity index (χ0v) is 25.0. The molecule has 1 aromatic carbocycles. The largest absolute Gasteiger partial charge is 0.472 e. The average molecular weight is 656 g/mol. The third-order valence-corrected chi connectivity index (χ3v) is 9.62. The lowest BCUT2D eigenvalue weighted by Gasteiger charge is -2.38. The molecule has 3 fully saturated rings. The third-order valence-electron chi connectivity index (χ3n) is 9.62. The summed E-state index contributed by atoms with van der Waals surface area (Å²) in [6.45, 7) is 4.42. The van der Waals surface area contributed by atoms with E-state index in [0.717, 1.165) is 6.92 Å². The van der Waals surface area contributed by atoms with E-state index in [0.29, 0.717) is 38.5 Å². The van der Waals surface area contributed by atoms with Crippen molar-refractivity contribution >= 4 is 22.4 Å². The molecule has 0 spiro atoms. The number of rotatable bonds is 4. The number of fused-ring (bicyclic) bond motifs is 3. The first-order chi connectivity index (χ1) is 21.7. The highest BCUT2D eigenvalue weighted by Gasteiger charge is 2.46. The normalized spacial score (nSPS) is 26.0. The second kappa shape index (κ2) is 11.0. The van der Waals surface area contributed by atoms with E-state index in [1.54, 1.807) is 6.92 Å². The molecule has 6 heterocycles. The zero-order valence-electron chi connectivity index (χ0n) is 25.0. The van der Waals surface area contributed by atoms with Gasteiger partial charge in [-0.05, 0) is 38.3 Å². The number of anilines is 2. The fourth-order valence-corrected chi connectivity index (χ4v) is 7.36. The first kappa shape index (κ1) is 31.0. The van der Waals surface area contributed by atoms with E-state index in [4.69, 9.17) is 15.2 Å². The molecule has 0 radical (unpaired) electrons. The molecule has 0 amide bonds. The van der Waals surface area contributed by atoms with Gasteiger partial charge in [-0.3, -0.25) is 4.90 Å². The summed E-state index contributed by atoms with van der Waals surface area (Å²) >= 11 is 0. The second-order valence-electron chi connectivity index (χ2n) is 12.5. The number of halogens is 7. The lowest BCUT2D eigenvalue weighted by Crippen LogP contribution is -2.56. The van der Waals surface area contributed by atoms with E-state index in [2.05, 4.69) is 20.3 Å². The summed E-state index contributed by atoms with van der Waals surface area (Å²) in [5.74, 6) is -5.13. The number of ether oxygens (including phenoxy) is 2. The van der Waals surface area contributed by atoms with Crippen LogP contribution >= 0.6 is 0 Å². The Morgan fingerprint density at radius 2 is 1.91 bits per heavy atom. The number of hydrogen-bond acceptors (Lipinski definition) is 9. The van der Waals surface area contributed by atoms with Gasteiger partial charge in [0.15, 0.2) is 5.82 Å². The molecule has 4 atom stereocenters. The highest BCUT2D eigenvalue weighted by atomic mass is 19.4. The number of nitrogen functional groups attached to an aromatic ring is 1. The van der Waals surface area contributed by atoms with Gasteiger partial charge in [-0.1, -0.05) is 0 Å². The minimum Gasteiger partial charge on any atom is -0.472 e. The number of aromatic nitrogens is 3. The van der Waals surface area contributed by atoms with Crippen LogP contribution in [0.4, 0.5) is 42.2 Å². The molecule has 9 nitrogen and oxygen atoms in total. The number of pyridine rings is 1. The van der Waals surface area contributed by atoms with Gasteiger partial charge in [0.05, 0.1) is 17.3 Å². The number of hydrogen-bond donors (Lipinski definition) is 2. The van der Waals surface area contributed by atoms with Crippen LogP contribution in [-0.2, 0) is 6.18 Å². The van der Waals surface area contributed by atoms with E-state index in [1.165, 1.54) is 0 Å². The Labute approximate surface area is 259 Å². The van der Waals surface area contributed by atoms with E-state index in [-0.39, 0.29) is 72.7 Å². The summed E-state index contributed by atoms with van der Waals surface area (Å²) in [6, 6.07) is -0.292. The Balaban J connectivity index is 1.36. The summed E-state index contributed by atoms with van der Waals surface area (Å²) in [7, 11) is 0. The smallest absolute Gasteiger partial charge is 0.417 e. The fourth-order valence-electron chi connectivity index (χ4n) is 7.36. The minimum absolute atomic E-state index is 0.0449. The van der Waals surface area contributed by atoms with Crippen molar-refractivity contribution in [2.75, 3.05) is 43.4 Å². The van der Waals surface area contributed by atoms with Crippen LogP contribution in [0.2, 0.25) is 0 Å². The molecule has 3 saturated heterocycles. The molecule has 4 aliphatic rings. The Bertz CT molecular complexity index is 1710. The van der Waals surface area contributed by atoms with E-state index in [1.807, 2.05) is 9.80 Å². The number of nitrogens with zero attached hydrogens (tertiary/aromatic N) is 5. The SMILES string of the molecule is Cc1c(F)c(N)cc(-c2nc3c4c(nc(OC[C@@H]5CC[C@@H]6CC(F)(F)CCN65)nc4c2F)N2CCNC[C@H]2[C@H](C)O3)c1C(F)(F)F. The van der Waals surface area contributed by atoms with E-state index < -0.39 is 57.9 Å². The molecule has 0 aliphatic carbocycles. The van der Waals surface area contributed by atoms with Crippen LogP contribution in [-0.4, -0.2) is 82.8 Å². The molecule has 7 rings (SSSR count). The Morgan fingerprint density at radius 1 is 1.13 bits per heavy atom. The highest BCUT2D eigenvalue weighted by molar-refractivity contribution is 5.97. The summed E-state index contributed by atoms with van der Waals surface area (Å²) in [5, 5.41) is 3.34. The number of benzene rings is 1. The van der Waals surface area contributed by atoms with Crippen molar-refractivity contribution in [3.63, 3.8) is 0 Å². The van der Waals surface area contributed by atoms with Gasteiger partial charge in [-0.25, -0.2) is 22.5 Å². The quantitative estimate of drug-likeness (QED) is 0.295. The van der Waals surface area contributed by atoms with Gasteiger partial charge in [0, 0.05) is 56.7 Å². The van der Waals surface area contributed by atoms with Gasteiger partial charge in [0.2, 0.25) is 5.88 Å². The van der Waals surface area contributed by atoms with Crippen LogP contribution in [0.3, 0.4) is 0 Å². The fraction of sp³-hybridized carbons (Fsp3) is 0.567. The van der Waals surface area contributed by atoms with Crippen molar-refractivity contribution in [1.82, 2.24) is 25.2 Å². The summed E-state index contributed by atoms with van der Waals surface area (Å²) in [5.41, 5.74) is 0.975. The van der Waals surface area contributed by atoms with Crippen LogP contribution in [0.15, 0.2) is 6.07 Å². The standard InChI is InChI=1S/C30H32F7N7O2/c1-13-21(30(35,36)37)17(9-18(38)22(13)31)24-23(32)25-20-26(44-8-6-39-11-19(44)14(2)46-27(20)40-24)42-28(41-25)45-12-16-4-3-15-10-29(33,34)5-7-43(15)16/h9,14-16,19,39H,3-8,10-12,38H2,1-2H3/t14-,15+,16-,19-/m0/s1. The molecule has 0 unspecified atom stereocenters. The number of piperazine rings is 1. The number of nitrogens with one attached hydrogen (secondary N) is 1. The highest BCUT2D eigenvalue weighted by Crippen LogP contribution is 2.46. The van der Waals surface area contributed by atoms with E-state index >= 15 is 4.39 Å². The second-order valence-corrected chi connectivity index (χ2v) is 12.5. The Hall–Kier alpha value is -3.66. The number of nitrogens with two attached hydrogens (primary N) is 1. The van der Waals surface area contributed by atoms with Crippen molar-refractivity contribution in [2.24, 2.45) is 0 Å². The van der Waals surface area contributed by atoms with Crippen molar-refractivity contribution in [2.45, 2.75) is 75.9 Å². The third kappa shape index (κ3) is 5.13. The zero-order chi connectivity index (χ0) is 32.7. The summed E-state index contributed by atoms with van der Waals surface area (Å²) in [4.78, 5) is 17.1.